The Hall–Kier alpha value is -3.05. The molecule has 0 radical (unpaired) electrons. The minimum Gasteiger partial charge on any atom is -0.298 e. The average molecular weight is 371 g/mol. The topological polar surface area (TPSA) is 59.2 Å². The lowest BCUT2D eigenvalue weighted by atomic mass is 9.88. The summed E-state index contributed by atoms with van der Waals surface area (Å²) in [6, 6.07) is 20.1. The molecule has 0 bridgehead atoms. The average Bonchev–Trinajstić information content (AvgIpc) is 3.21. The first-order valence-electron chi connectivity index (χ1n) is 9.73. The summed E-state index contributed by atoms with van der Waals surface area (Å²) in [5, 5.41) is 9.95. The summed E-state index contributed by atoms with van der Waals surface area (Å²) in [6.45, 7) is 2.60. The molecule has 0 amide bonds. The van der Waals surface area contributed by atoms with E-state index in [2.05, 4.69) is 33.4 Å². The molecule has 5 nitrogen and oxygen atoms in total. The van der Waals surface area contributed by atoms with E-state index in [0.717, 1.165) is 59.8 Å². The largest absolute Gasteiger partial charge is 0.298 e. The second kappa shape index (κ2) is 7.17. The van der Waals surface area contributed by atoms with E-state index in [4.69, 9.17) is 4.63 Å². The quantitative estimate of drug-likeness (QED) is 0.495. The molecule has 5 heteroatoms. The Labute approximate surface area is 162 Å². The van der Waals surface area contributed by atoms with Crippen molar-refractivity contribution in [1.82, 2.24) is 15.2 Å². The van der Waals surface area contributed by atoms with Crippen LogP contribution < -0.4 is 0 Å². The number of likely N-dealkylation sites (tertiary alicyclic amines) is 1. The molecule has 1 saturated heterocycles. The first kappa shape index (κ1) is 17.1. The van der Waals surface area contributed by atoms with Gasteiger partial charge in [-0.3, -0.25) is 9.69 Å². The summed E-state index contributed by atoms with van der Waals surface area (Å²) in [6.07, 6.45) is 1.99. The van der Waals surface area contributed by atoms with E-state index in [1.54, 1.807) is 0 Å². The van der Waals surface area contributed by atoms with Gasteiger partial charge in [0.1, 0.15) is 11.0 Å². The molecule has 4 aromatic rings. The Morgan fingerprint density at radius 1 is 1.04 bits per heavy atom. The molecule has 0 spiro atoms. The third-order valence-corrected chi connectivity index (χ3v) is 5.66. The minimum absolute atomic E-state index is 0.0389. The van der Waals surface area contributed by atoms with Gasteiger partial charge in [0.15, 0.2) is 5.78 Å². The van der Waals surface area contributed by atoms with Gasteiger partial charge in [0.25, 0.3) is 0 Å². The SMILES string of the molecule is O=C(c1cccc2ccccc12)C1CCCN(Cc2ccc3nonc3c2)C1. The fourth-order valence-electron chi connectivity index (χ4n) is 4.26. The zero-order chi connectivity index (χ0) is 18.9. The van der Waals surface area contributed by atoms with Crippen LogP contribution in [0.1, 0.15) is 28.8 Å². The van der Waals surface area contributed by atoms with Gasteiger partial charge in [-0.15, -0.1) is 0 Å². The highest BCUT2D eigenvalue weighted by Gasteiger charge is 2.27. The predicted octanol–water partition coefficient (Wildman–Crippen LogP) is 4.47. The van der Waals surface area contributed by atoms with Crippen LogP contribution in [0.2, 0.25) is 0 Å². The van der Waals surface area contributed by atoms with Crippen LogP contribution in [-0.2, 0) is 6.54 Å². The maximum atomic E-state index is 13.3. The lowest BCUT2D eigenvalue weighted by molar-refractivity contribution is 0.0813. The van der Waals surface area contributed by atoms with E-state index in [0.29, 0.717) is 0 Å². The van der Waals surface area contributed by atoms with E-state index in [9.17, 15) is 4.79 Å². The number of fused-ring (bicyclic) bond motifs is 2. The predicted molar refractivity (Wildman–Crippen MR) is 108 cm³/mol. The minimum atomic E-state index is 0.0389. The highest BCUT2D eigenvalue weighted by Crippen LogP contribution is 2.27. The van der Waals surface area contributed by atoms with Crippen LogP contribution in [0.4, 0.5) is 0 Å². The summed E-state index contributed by atoms with van der Waals surface area (Å²) in [4.78, 5) is 15.7. The second-order valence-electron chi connectivity index (χ2n) is 7.55. The number of hydrogen-bond donors (Lipinski definition) is 0. The normalized spacial score (nSPS) is 17.9. The molecule has 140 valence electrons. The van der Waals surface area contributed by atoms with Gasteiger partial charge >= 0.3 is 0 Å². The third-order valence-electron chi connectivity index (χ3n) is 5.66. The number of ketones is 1. The van der Waals surface area contributed by atoms with Gasteiger partial charge in [0.05, 0.1) is 0 Å². The molecule has 0 N–H and O–H groups in total. The number of carbonyl (C=O) groups is 1. The van der Waals surface area contributed by atoms with Crippen LogP contribution in [0.3, 0.4) is 0 Å². The van der Waals surface area contributed by atoms with Crippen LogP contribution in [0.25, 0.3) is 21.8 Å². The molecular formula is C23H21N3O2. The van der Waals surface area contributed by atoms with Crippen molar-refractivity contribution in [2.45, 2.75) is 19.4 Å². The monoisotopic (exact) mass is 371 g/mol. The van der Waals surface area contributed by atoms with Gasteiger partial charge in [-0.2, -0.15) is 0 Å². The first-order valence-corrected chi connectivity index (χ1v) is 9.73. The molecule has 0 aliphatic carbocycles. The van der Waals surface area contributed by atoms with Crippen molar-refractivity contribution >= 4 is 27.6 Å². The molecule has 2 heterocycles. The number of benzene rings is 3. The summed E-state index contributed by atoms with van der Waals surface area (Å²) < 4.78 is 4.78. The van der Waals surface area contributed by atoms with E-state index in [1.807, 2.05) is 42.5 Å². The Bertz CT molecular complexity index is 1150. The molecule has 5 rings (SSSR count). The Balaban J connectivity index is 1.35. The Morgan fingerprint density at radius 2 is 1.89 bits per heavy atom. The summed E-state index contributed by atoms with van der Waals surface area (Å²) in [5.41, 5.74) is 3.56. The van der Waals surface area contributed by atoms with Gasteiger partial charge in [0.2, 0.25) is 0 Å². The van der Waals surface area contributed by atoms with Crippen molar-refractivity contribution < 1.29 is 9.42 Å². The van der Waals surface area contributed by atoms with Gasteiger partial charge in [-0.05, 0) is 58.2 Å². The molecule has 1 aliphatic rings. The van der Waals surface area contributed by atoms with Gasteiger partial charge in [-0.25, -0.2) is 4.63 Å². The van der Waals surface area contributed by atoms with Crippen molar-refractivity contribution in [1.29, 1.82) is 0 Å². The van der Waals surface area contributed by atoms with Crippen molar-refractivity contribution in [2.75, 3.05) is 13.1 Å². The Kier molecular flexibility index (Phi) is 4.37. The molecule has 1 aliphatic heterocycles. The van der Waals surface area contributed by atoms with Crippen LogP contribution in [0.15, 0.2) is 65.3 Å². The second-order valence-corrected chi connectivity index (χ2v) is 7.55. The number of rotatable bonds is 4. The maximum absolute atomic E-state index is 13.3. The summed E-state index contributed by atoms with van der Waals surface area (Å²) >= 11 is 0. The molecule has 3 aromatic carbocycles. The molecule has 1 unspecified atom stereocenters. The van der Waals surface area contributed by atoms with E-state index < -0.39 is 0 Å². The molecule has 1 atom stereocenters. The van der Waals surface area contributed by atoms with Gasteiger partial charge in [0, 0.05) is 24.6 Å². The number of aromatic nitrogens is 2. The van der Waals surface area contributed by atoms with Crippen LogP contribution in [-0.4, -0.2) is 34.1 Å². The maximum Gasteiger partial charge on any atom is 0.167 e. The number of Topliss-reactive ketones (excluding diaryl/α,β-unsaturated/α-hetero) is 1. The van der Waals surface area contributed by atoms with Crippen molar-refractivity contribution in [3.63, 3.8) is 0 Å². The molecular weight excluding hydrogens is 350 g/mol. The van der Waals surface area contributed by atoms with Crippen LogP contribution in [0.5, 0.6) is 0 Å². The highest BCUT2D eigenvalue weighted by atomic mass is 16.6. The highest BCUT2D eigenvalue weighted by molar-refractivity contribution is 6.09. The van der Waals surface area contributed by atoms with E-state index >= 15 is 0 Å². The first-order chi connectivity index (χ1) is 13.8. The number of hydrogen-bond acceptors (Lipinski definition) is 5. The fraction of sp³-hybridized carbons (Fsp3) is 0.261. The zero-order valence-corrected chi connectivity index (χ0v) is 15.5. The number of piperidine rings is 1. The van der Waals surface area contributed by atoms with Crippen LogP contribution >= 0.6 is 0 Å². The van der Waals surface area contributed by atoms with E-state index in [-0.39, 0.29) is 11.7 Å². The number of carbonyl (C=O) groups excluding carboxylic acids is 1. The summed E-state index contributed by atoms with van der Waals surface area (Å²) in [7, 11) is 0. The summed E-state index contributed by atoms with van der Waals surface area (Å²) in [5.74, 6) is 0.301. The van der Waals surface area contributed by atoms with E-state index in [1.165, 1.54) is 5.56 Å². The smallest absolute Gasteiger partial charge is 0.167 e. The van der Waals surface area contributed by atoms with Crippen molar-refractivity contribution in [3.8, 4) is 0 Å². The Morgan fingerprint density at radius 3 is 2.86 bits per heavy atom. The van der Waals surface area contributed by atoms with Gasteiger partial charge in [-0.1, -0.05) is 48.5 Å². The molecule has 0 saturated carbocycles. The lowest BCUT2D eigenvalue weighted by Crippen LogP contribution is -2.38. The standard InChI is InChI=1S/C23H21N3O2/c27-23(20-9-3-6-17-5-1-2-8-19(17)20)18-7-4-12-26(15-18)14-16-10-11-21-22(13-16)25-28-24-21/h1-3,5-6,8-11,13,18H,4,7,12,14-15H2. The lowest BCUT2D eigenvalue weighted by Gasteiger charge is -2.32. The fourth-order valence-corrected chi connectivity index (χ4v) is 4.26. The molecule has 1 aromatic heterocycles. The zero-order valence-electron chi connectivity index (χ0n) is 15.5. The van der Waals surface area contributed by atoms with Gasteiger partial charge < -0.3 is 0 Å². The molecule has 1 fully saturated rings. The third kappa shape index (κ3) is 3.18. The van der Waals surface area contributed by atoms with Crippen molar-refractivity contribution in [3.05, 3.63) is 71.8 Å². The van der Waals surface area contributed by atoms with Crippen LogP contribution in [0, 0.1) is 5.92 Å². The van der Waals surface area contributed by atoms with Crippen molar-refractivity contribution in [2.24, 2.45) is 5.92 Å². The number of nitrogens with zero attached hydrogens (tertiary/aromatic N) is 3. The molecule has 28 heavy (non-hydrogen) atoms.